The number of aliphatic hydroxyl groups is 1. The van der Waals surface area contributed by atoms with Gasteiger partial charge in [-0.05, 0) is 24.3 Å². The molecule has 2 N–H and O–H groups in total. The fourth-order valence-corrected chi connectivity index (χ4v) is 2.45. The molecule has 7 heteroatoms. The van der Waals surface area contributed by atoms with Crippen LogP contribution >= 0.6 is 11.6 Å². The van der Waals surface area contributed by atoms with Crippen molar-refractivity contribution in [3.63, 3.8) is 0 Å². The van der Waals surface area contributed by atoms with E-state index in [0.717, 1.165) is 5.52 Å². The van der Waals surface area contributed by atoms with E-state index < -0.39 is 18.3 Å². The first-order valence-electron chi connectivity index (χ1n) is 7.29. The number of rotatable bonds is 4. The molecule has 3 rings (SSSR count). The van der Waals surface area contributed by atoms with Crippen LogP contribution in [0, 0.1) is 11.3 Å². The molecule has 0 atom stereocenters. The van der Waals surface area contributed by atoms with Gasteiger partial charge in [0.25, 0.3) is 0 Å². The van der Waals surface area contributed by atoms with Crippen LogP contribution in [0.4, 0.5) is 0 Å². The Bertz CT molecular complexity index is 985. The van der Waals surface area contributed by atoms with Crippen LogP contribution in [-0.4, -0.2) is 27.7 Å². The average molecular weight is 354 g/mol. The number of allylic oxidation sites excluding steroid dienone is 1. The van der Waals surface area contributed by atoms with Crippen molar-refractivity contribution in [2.24, 2.45) is 0 Å². The second-order valence-corrected chi connectivity index (χ2v) is 5.50. The van der Waals surface area contributed by atoms with Gasteiger partial charge < -0.3 is 14.8 Å². The Kier molecular flexibility index (Phi) is 4.68. The van der Waals surface area contributed by atoms with Crippen molar-refractivity contribution in [3.05, 3.63) is 70.7 Å². The first kappa shape index (κ1) is 16.6. The van der Waals surface area contributed by atoms with Gasteiger partial charge in [0.1, 0.15) is 18.2 Å². The van der Waals surface area contributed by atoms with Crippen LogP contribution in [-0.2, 0) is 4.74 Å². The molecule has 0 amide bonds. The molecule has 6 nitrogen and oxygen atoms in total. The number of para-hydroxylation sites is 2. The van der Waals surface area contributed by atoms with Crippen molar-refractivity contribution in [1.29, 1.82) is 5.26 Å². The number of nitrogens with zero attached hydrogens (tertiary/aromatic N) is 2. The van der Waals surface area contributed by atoms with Crippen molar-refractivity contribution in [2.45, 2.75) is 0 Å². The monoisotopic (exact) mass is 353 g/mol. The Morgan fingerprint density at radius 3 is 2.68 bits per heavy atom. The number of nitriles is 1. The molecule has 0 aliphatic carbocycles. The molecule has 0 aliphatic rings. The number of halogens is 1. The lowest BCUT2D eigenvalue weighted by atomic mass is 10.2. The number of aliphatic hydroxyl groups excluding tert-OH is 1. The second-order valence-electron chi connectivity index (χ2n) is 5.09. The SMILES string of the molecule is N#C/C(=C(/O)COC(=O)c1ccccc1Cl)c1nc2ccccc2[nH]1. The molecule has 0 aliphatic heterocycles. The summed E-state index contributed by atoms with van der Waals surface area (Å²) in [6, 6.07) is 15.5. The number of hydrogen-bond acceptors (Lipinski definition) is 5. The minimum Gasteiger partial charge on any atom is -0.507 e. The molecule has 0 fully saturated rings. The largest absolute Gasteiger partial charge is 0.507 e. The van der Waals surface area contributed by atoms with Gasteiger partial charge in [-0.15, -0.1) is 0 Å². The van der Waals surface area contributed by atoms with Gasteiger partial charge in [-0.25, -0.2) is 9.78 Å². The zero-order valence-electron chi connectivity index (χ0n) is 12.9. The van der Waals surface area contributed by atoms with Gasteiger partial charge >= 0.3 is 5.97 Å². The highest BCUT2D eigenvalue weighted by molar-refractivity contribution is 6.33. The Labute approximate surface area is 147 Å². The zero-order valence-corrected chi connectivity index (χ0v) is 13.6. The Hall–Kier alpha value is -3.30. The lowest BCUT2D eigenvalue weighted by Gasteiger charge is -2.06. The smallest absolute Gasteiger partial charge is 0.340 e. The number of aromatic amines is 1. The van der Waals surface area contributed by atoms with Gasteiger partial charge in [-0.2, -0.15) is 5.26 Å². The van der Waals surface area contributed by atoms with E-state index in [1.54, 1.807) is 30.3 Å². The molecule has 0 unspecified atom stereocenters. The van der Waals surface area contributed by atoms with Crippen molar-refractivity contribution < 1.29 is 14.6 Å². The van der Waals surface area contributed by atoms with E-state index in [1.165, 1.54) is 6.07 Å². The van der Waals surface area contributed by atoms with Crippen LogP contribution in [0.15, 0.2) is 54.3 Å². The molecular formula is C18H12ClN3O3. The third-order valence-electron chi connectivity index (χ3n) is 3.46. The first-order valence-corrected chi connectivity index (χ1v) is 7.67. The van der Waals surface area contributed by atoms with E-state index in [9.17, 15) is 15.2 Å². The van der Waals surface area contributed by atoms with Crippen molar-refractivity contribution in [3.8, 4) is 6.07 Å². The Morgan fingerprint density at radius 1 is 1.24 bits per heavy atom. The average Bonchev–Trinajstić information content (AvgIpc) is 3.04. The summed E-state index contributed by atoms with van der Waals surface area (Å²) in [6.45, 7) is -0.468. The molecule has 124 valence electrons. The van der Waals surface area contributed by atoms with Crippen molar-refractivity contribution in [2.75, 3.05) is 6.61 Å². The summed E-state index contributed by atoms with van der Waals surface area (Å²) in [6.07, 6.45) is 0. The molecular weight excluding hydrogens is 342 g/mol. The van der Waals surface area contributed by atoms with Gasteiger partial charge in [-0.1, -0.05) is 35.9 Å². The van der Waals surface area contributed by atoms with Crippen molar-refractivity contribution >= 4 is 34.2 Å². The molecule has 1 heterocycles. The number of carbonyl (C=O) groups excluding carboxylic acids is 1. The summed E-state index contributed by atoms with van der Waals surface area (Å²) >= 11 is 5.92. The summed E-state index contributed by atoms with van der Waals surface area (Å²) in [4.78, 5) is 19.2. The number of hydrogen-bond donors (Lipinski definition) is 2. The summed E-state index contributed by atoms with van der Waals surface area (Å²) < 4.78 is 5.03. The number of H-pyrrole nitrogens is 1. The summed E-state index contributed by atoms with van der Waals surface area (Å²) in [7, 11) is 0. The Balaban J connectivity index is 1.81. The number of ether oxygens (including phenoxy) is 1. The van der Waals surface area contributed by atoms with Gasteiger partial charge in [0.2, 0.25) is 0 Å². The standard InChI is InChI=1S/C18H12ClN3O3/c19-13-6-2-1-5-11(13)18(24)25-10-16(23)12(9-20)17-21-14-7-3-4-8-15(14)22-17/h1-8,23H,10H2,(H,21,22)/b16-12-. The molecule has 0 radical (unpaired) electrons. The first-order chi connectivity index (χ1) is 12.1. The predicted molar refractivity (Wildman–Crippen MR) is 93.0 cm³/mol. The van der Waals surface area contributed by atoms with Crippen molar-refractivity contribution in [1.82, 2.24) is 9.97 Å². The summed E-state index contributed by atoms with van der Waals surface area (Å²) in [5.41, 5.74) is 1.47. The Morgan fingerprint density at radius 2 is 1.96 bits per heavy atom. The van der Waals surface area contributed by atoms with Gasteiger partial charge in [0.15, 0.2) is 11.6 Å². The van der Waals surface area contributed by atoms with Crippen LogP contribution in [0.2, 0.25) is 5.02 Å². The minimum absolute atomic E-state index is 0.0943. The number of benzene rings is 2. The molecule has 2 aromatic carbocycles. The van der Waals surface area contributed by atoms with Crippen LogP contribution in [0.5, 0.6) is 0 Å². The highest BCUT2D eigenvalue weighted by Crippen LogP contribution is 2.20. The summed E-state index contributed by atoms with van der Waals surface area (Å²) in [5.74, 6) is -0.893. The highest BCUT2D eigenvalue weighted by Gasteiger charge is 2.16. The number of carbonyl (C=O) groups is 1. The maximum absolute atomic E-state index is 12.0. The minimum atomic E-state index is -0.695. The molecule has 0 bridgehead atoms. The molecule has 25 heavy (non-hydrogen) atoms. The van der Waals surface area contributed by atoms with E-state index >= 15 is 0 Å². The highest BCUT2D eigenvalue weighted by atomic mass is 35.5. The topological polar surface area (TPSA) is 99.0 Å². The number of fused-ring (bicyclic) bond motifs is 1. The van der Waals surface area contributed by atoms with Crippen LogP contribution in [0.1, 0.15) is 16.2 Å². The molecule has 3 aromatic rings. The van der Waals surface area contributed by atoms with E-state index in [0.29, 0.717) is 5.52 Å². The van der Waals surface area contributed by atoms with Crippen LogP contribution in [0.3, 0.4) is 0 Å². The summed E-state index contributed by atoms with van der Waals surface area (Å²) in [5, 5.41) is 19.7. The van der Waals surface area contributed by atoms with E-state index in [1.807, 2.05) is 18.2 Å². The van der Waals surface area contributed by atoms with E-state index in [4.69, 9.17) is 16.3 Å². The van der Waals surface area contributed by atoms with Gasteiger partial charge in [0.05, 0.1) is 21.6 Å². The van der Waals surface area contributed by atoms with E-state index in [-0.39, 0.29) is 22.0 Å². The fraction of sp³-hybridized carbons (Fsp3) is 0.0556. The van der Waals surface area contributed by atoms with Gasteiger partial charge in [-0.3, -0.25) is 0 Å². The molecule has 0 saturated heterocycles. The second kappa shape index (κ2) is 7.07. The molecule has 1 aromatic heterocycles. The quantitative estimate of drug-likeness (QED) is 0.421. The number of esters is 1. The lowest BCUT2D eigenvalue weighted by molar-refractivity contribution is 0.0503. The fourth-order valence-electron chi connectivity index (χ4n) is 2.24. The normalized spacial score (nSPS) is 11.7. The number of nitrogens with one attached hydrogen (secondary N) is 1. The maximum Gasteiger partial charge on any atom is 0.340 e. The van der Waals surface area contributed by atoms with Crippen LogP contribution in [0.25, 0.3) is 16.6 Å². The van der Waals surface area contributed by atoms with Crippen LogP contribution < -0.4 is 0 Å². The third-order valence-corrected chi connectivity index (χ3v) is 3.79. The van der Waals surface area contributed by atoms with Gasteiger partial charge in [0, 0.05) is 0 Å². The number of imidazole rings is 1. The number of aromatic nitrogens is 2. The molecule has 0 spiro atoms. The van der Waals surface area contributed by atoms with E-state index in [2.05, 4.69) is 9.97 Å². The third kappa shape index (κ3) is 3.47. The predicted octanol–water partition coefficient (Wildman–Crippen LogP) is 3.87. The maximum atomic E-state index is 12.0. The zero-order chi connectivity index (χ0) is 17.8. The lowest BCUT2D eigenvalue weighted by Crippen LogP contribution is -2.09. The molecule has 0 saturated carbocycles.